The van der Waals surface area contributed by atoms with Crippen LogP contribution in [0.15, 0.2) is 23.6 Å². The molecule has 0 aliphatic carbocycles. The molecule has 4 nitrogen and oxygen atoms in total. The number of aryl methyl sites for hydroxylation is 3. The average Bonchev–Trinajstić information content (AvgIpc) is 2.88. The van der Waals surface area contributed by atoms with E-state index >= 15 is 0 Å². The van der Waals surface area contributed by atoms with Gasteiger partial charge in [-0.25, -0.2) is 4.98 Å². The number of ether oxygens (including phenoxy) is 1. The third-order valence-electron chi connectivity index (χ3n) is 3.08. The molecule has 0 aliphatic rings. The highest BCUT2D eigenvalue weighted by Gasteiger charge is 2.08. The summed E-state index contributed by atoms with van der Waals surface area (Å²) in [5, 5.41) is 6.17. The van der Waals surface area contributed by atoms with Crippen molar-refractivity contribution in [3.63, 3.8) is 0 Å². The Bertz CT molecular complexity index is 587. The summed E-state index contributed by atoms with van der Waals surface area (Å²) in [5.74, 6) is -0.206. The number of nitrogens with one attached hydrogen (secondary N) is 1. The summed E-state index contributed by atoms with van der Waals surface area (Å²) in [6, 6.07) is 6.18. The van der Waals surface area contributed by atoms with Crippen LogP contribution in [0.3, 0.4) is 0 Å². The van der Waals surface area contributed by atoms with Gasteiger partial charge in [-0.3, -0.25) is 4.79 Å². The lowest BCUT2D eigenvalue weighted by Crippen LogP contribution is -2.02. The van der Waals surface area contributed by atoms with Crippen LogP contribution in [0, 0.1) is 13.8 Å². The van der Waals surface area contributed by atoms with E-state index in [1.165, 1.54) is 18.2 Å². The number of carbonyl (C=O) groups is 1. The molecule has 2 rings (SSSR count). The molecule has 0 unspecified atom stereocenters. The highest BCUT2D eigenvalue weighted by Crippen LogP contribution is 2.26. The second kappa shape index (κ2) is 6.52. The van der Waals surface area contributed by atoms with E-state index in [-0.39, 0.29) is 5.97 Å². The number of carbonyl (C=O) groups excluding carboxylic acids is 1. The molecule has 0 aliphatic heterocycles. The SMILES string of the molecule is COC(=O)CCc1csc(Nc2c(C)cccc2C)n1. The van der Waals surface area contributed by atoms with Gasteiger partial charge in [0.05, 0.1) is 19.2 Å². The Hall–Kier alpha value is -1.88. The molecular formula is C15H18N2O2S. The van der Waals surface area contributed by atoms with Gasteiger partial charge < -0.3 is 10.1 Å². The first-order valence-corrected chi connectivity index (χ1v) is 7.32. The van der Waals surface area contributed by atoms with Crippen molar-refractivity contribution in [1.29, 1.82) is 0 Å². The van der Waals surface area contributed by atoms with Crippen LogP contribution in [0.1, 0.15) is 23.2 Å². The summed E-state index contributed by atoms with van der Waals surface area (Å²) in [4.78, 5) is 15.6. The Kier molecular flexibility index (Phi) is 4.74. The van der Waals surface area contributed by atoms with E-state index in [0.717, 1.165) is 16.5 Å². The van der Waals surface area contributed by atoms with Crippen LogP contribution in [0.25, 0.3) is 0 Å². The van der Waals surface area contributed by atoms with Crippen molar-refractivity contribution < 1.29 is 9.53 Å². The number of para-hydroxylation sites is 1. The number of benzene rings is 1. The number of hydrogen-bond acceptors (Lipinski definition) is 5. The minimum Gasteiger partial charge on any atom is -0.469 e. The minimum absolute atomic E-state index is 0.206. The summed E-state index contributed by atoms with van der Waals surface area (Å²) in [5.41, 5.74) is 4.39. The highest BCUT2D eigenvalue weighted by atomic mass is 32.1. The lowest BCUT2D eigenvalue weighted by atomic mass is 10.1. The van der Waals surface area contributed by atoms with Gasteiger partial charge in [0.15, 0.2) is 5.13 Å². The molecule has 0 fully saturated rings. The van der Waals surface area contributed by atoms with E-state index in [0.29, 0.717) is 12.8 Å². The second-order valence-corrected chi connectivity index (χ2v) is 5.47. The van der Waals surface area contributed by atoms with Crippen molar-refractivity contribution in [2.45, 2.75) is 26.7 Å². The molecule has 0 saturated carbocycles. The van der Waals surface area contributed by atoms with Gasteiger partial charge in [0.25, 0.3) is 0 Å². The minimum atomic E-state index is -0.206. The van der Waals surface area contributed by atoms with Crippen LogP contribution < -0.4 is 5.32 Å². The first-order chi connectivity index (χ1) is 9.60. The standard InChI is InChI=1S/C15H18N2O2S/c1-10-5-4-6-11(2)14(10)17-15-16-12(9-20-15)7-8-13(18)19-3/h4-6,9H,7-8H2,1-3H3,(H,16,17). The van der Waals surface area contributed by atoms with Crippen molar-refractivity contribution in [2.24, 2.45) is 0 Å². The fourth-order valence-corrected chi connectivity index (χ4v) is 2.68. The number of esters is 1. The van der Waals surface area contributed by atoms with Gasteiger partial charge in [-0.1, -0.05) is 18.2 Å². The smallest absolute Gasteiger partial charge is 0.305 e. The van der Waals surface area contributed by atoms with E-state index in [2.05, 4.69) is 41.0 Å². The number of methoxy groups -OCH3 is 1. The Morgan fingerprint density at radius 2 is 2.05 bits per heavy atom. The molecule has 5 heteroatoms. The van der Waals surface area contributed by atoms with Crippen LogP contribution in [0.5, 0.6) is 0 Å². The summed E-state index contributed by atoms with van der Waals surface area (Å²) in [6.07, 6.45) is 0.973. The van der Waals surface area contributed by atoms with Crippen molar-refractivity contribution in [3.05, 3.63) is 40.4 Å². The van der Waals surface area contributed by atoms with Crippen molar-refractivity contribution >= 4 is 28.1 Å². The number of rotatable bonds is 5. The van der Waals surface area contributed by atoms with Crippen LogP contribution in [-0.2, 0) is 16.0 Å². The Morgan fingerprint density at radius 3 is 2.70 bits per heavy atom. The number of aromatic nitrogens is 1. The second-order valence-electron chi connectivity index (χ2n) is 4.61. The van der Waals surface area contributed by atoms with Crippen LogP contribution in [0.4, 0.5) is 10.8 Å². The number of thiazole rings is 1. The van der Waals surface area contributed by atoms with Gasteiger partial charge in [0.1, 0.15) is 0 Å². The van der Waals surface area contributed by atoms with E-state index in [9.17, 15) is 4.79 Å². The number of hydrogen-bond donors (Lipinski definition) is 1. The highest BCUT2D eigenvalue weighted by molar-refractivity contribution is 7.13. The Balaban J connectivity index is 2.04. The third-order valence-corrected chi connectivity index (χ3v) is 3.88. The normalized spacial score (nSPS) is 10.3. The van der Waals surface area contributed by atoms with Crippen LogP contribution in [-0.4, -0.2) is 18.1 Å². The molecule has 2 aromatic rings. The predicted molar refractivity (Wildman–Crippen MR) is 81.6 cm³/mol. The zero-order valence-corrected chi connectivity index (χ0v) is 12.7. The number of nitrogens with zero attached hydrogens (tertiary/aromatic N) is 1. The molecule has 1 heterocycles. The van der Waals surface area contributed by atoms with Gasteiger partial charge in [0, 0.05) is 17.5 Å². The van der Waals surface area contributed by atoms with Gasteiger partial charge in [-0.05, 0) is 25.0 Å². The lowest BCUT2D eigenvalue weighted by molar-refractivity contribution is -0.140. The van der Waals surface area contributed by atoms with E-state index in [1.807, 2.05) is 11.4 Å². The van der Waals surface area contributed by atoms with Gasteiger partial charge in [-0.2, -0.15) is 0 Å². The molecule has 0 amide bonds. The predicted octanol–water partition coefficient (Wildman–Crippen LogP) is 3.61. The Labute approximate surface area is 122 Å². The maximum Gasteiger partial charge on any atom is 0.305 e. The molecule has 20 heavy (non-hydrogen) atoms. The molecule has 0 atom stereocenters. The average molecular weight is 290 g/mol. The zero-order chi connectivity index (χ0) is 14.5. The van der Waals surface area contributed by atoms with Gasteiger partial charge >= 0.3 is 5.97 Å². The molecule has 0 bridgehead atoms. The van der Waals surface area contributed by atoms with Gasteiger partial charge in [0.2, 0.25) is 0 Å². The quantitative estimate of drug-likeness (QED) is 0.855. The number of anilines is 2. The summed E-state index contributed by atoms with van der Waals surface area (Å²) < 4.78 is 4.63. The van der Waals surface area contributed by atoms with Crippen molar-refractivity contribution in [2.75, 3.05) is 12.4 Å². The first kappa shape index (κ1) is 14.5. The fourth-order valence-electron chi connectivity index (χ4n) is 1.93. The van der Waals surface area contributed by atoms with Gasteiger partial charge in [-0.15, -0.1) is 11.3 Å². The maximum absolute atomic E-state index is 11.1. The third kappa shape index (κ3) is 3.57. The maximum atomic E-state index is 11.1. The summed E-state index contributed by atoms with van der Waals surface area (Å²) in [7, 11) is 1.40. The molecule has 106 valence electrons. The summed E-state index contributed by atoms with van der Waals surface area (Å²) in [6.45, 7) is 4.14. The van der Waals surface area contributed by atoms with Crippen LogP contribution >= 0.6 is 11.3 Å². The topological polar surface area (TPSA) is 51.2 Å². The zero-order valence-electron chi connectivity index (χ0n) is 11.9. The fraction of sp³-hybridized carbons (Fsp3) is 0.333. The van der Waals surface area contributed by atoms with E-state index < -0.39 is 0 Å². The lowest BCUT2D eigenvalue weighted by Gasteiger charge is -2.09. The molecular weight excluding hydrogens is 272 g/mol. The molecule has 1 aromatic carbocycles. The first-order valence-electron chi connectivity index (χ1n) is 6.44. The molecule has 0 radical (unpaired) electrons. The molecule has 1 N–H and O–H groups in total. The van der Waals surface area contributed by atoms with Crippen molar-refractivity contribution in [1.82, 2.24) is 4.98 Å². The van der Waals surface area contributed by atoms with E-state index in [4.69, 9.17) is 0 Å². The Morgan fingerprint density at radius 1 is 1.35 bits per heavy atom. The molecule has 1 aromatic heterocycles. The molecule has 0 saturated heterocycles. The van der Waals surface area contributed by atoms with Crippen LogP contribution in [0.2, 0.25) is 0 Å². The molecule has 0 spiro atoms. The summed E-state index contributed by atoms with van der Waals surface area (Å²) >= 11 is 1.55. The van der Waals surface area contributed by atoms with Crippen molar-refractivity contribution in [3.8, 4) is 0 Å². The largest absolute Gasteiger partial charge is 0.469 e. The monoisotopic (exact) mass is 290 g/mol. The van der Waals surface area contributed by atoms with E-state index in [1.54, 1.807) is 11.3 Å².